The summed E-state index contributed by atoms with van der Waals surface area (Å²) in [6, 6.07) is 27.8. The summed E-state index contributed by atoms with van der Waals surface area (Å²) in [5.74, 6) is -0.274. The Balaban J connectivity index is 1.61. The van der Waals surface area contributed by atoms with E-state index in [0.29, 0.717) is 5.56 Å². The fourth-order valence-corrected chi connectivity index (χ4v) is 4.36. The van der Waals surface area contributed by atoms with E-state index < -0.39 is 6.10 Å². The summed E-state index contributed by atoms with van der Waals surface area (Å²) in [4.78, 5) is 18.5. The lowest BCUT2D eigenvalue weighted by Crippen LogP contribution is -2.18. The van der Waals surface area contributed by atoms with E-state index in [0.717, 1.165) is 59.0 Å². The van der Waals surface area contributed by atoms with Gasteiger partial charge in [0.1, 0.15) is 0 Å². The van der Waals surface area contributed by atoms with Gasteiger partial charge in [-0.1, -0.05) is 78.9 Å². The van der Waals surface area contributed by atoms with Crippen LogP contribution in [-0.2, 0) is 17.6 Å². The van der Waals surface area contributed by atoms with Gasteiger partial charge in [0, 0.05) is 11.1 Å². The molecule has 0 atom stereocenters. The lowest BCUT2D eigenvalue weighted by atomic mass is 9.89. The highest BCUT2D eigenvalue weighted by molar-refractivity contribution is 6.05. The van der Waals surface area contributed by atoms with Crippen molar-refractivity contribution in [3.8, 4) is 0 Å². The maximum Gasteiger partial charge on any atom is 0.340 e. The Bertz CT molecular complexity index is 1150. The van der Waals surface area contributed by atoms with Gasteiger partial charge in [-0.05, 0) is 48.4 Å². The molecule has 30 heavy (non-hydrogen) atoms. The molecule has 1 aromatic heterocycles. The molecule has 0 spiro atoms. The third kappa shape index (κ3) is 3.48. The Morgan fingerprint density at radius 3 is 2.07 bits per heavy atom. The highest BCUT2D eigenvalue weighted by Crippen LogP contribution is 2.33. The molecular formula is C27H23NO2. The number of rotatable bonds is 4. The van der Waals surface area contributed by atoms with Crippen LogP contribution in [0.15, 0.2) is 84.9 Å². The molecule has 5 rings (SSSR count). The number of carbonyl (C=O) groups is 1. The summed E-state index contributed by atoms with van der Waals surface area (Å²) < 4.78 is 6.22. The minimum Gasteiger partial charge on any atom is -0.449 e. The molecule has 0 unspecified atom stereocenters. The molecule has 0 saturated carbocycles. The molecule has 0 aliphatic heterocycles. The van der Waals surface area contributed by atoms with E-state index in [-0.39, 0.29) is 5.97 Å². The number of para-hydroxylation sites is 1. The summed E-state index contributed by atoms with van der Waals surface area (Å²) >= 11 is 0. The summed E-state index contributed by atoms with van der Waals surface area (Å²) in [7, 11) is 0. The zero-order chi connectivity index (χ0) is 20.3. The van der Waals surface area contributed by atoms with Crippen molar-refractivity contribution in [2.45, 2.75) is 31.8 Å². The minimum absolute atomic E-state index is 0.274. The maximum atomic E-state index is 13.6. The highest BCUT2D eigenvalue weighted by Gasteiger charge is 2.26. The third-order valence-electron chi connectivity index (χ3n) is 5.80. The Kier molecular flexibility index (Phi) is 5.02. The normalized spacial score (nSPS) is 13.2. The molecule has 0 fully saturated rings. The summed E-state index contributed by atoms with van der Waals surface area (Å²) in [6.07, 6.45) is 3.53. The van der Waals surface area contributed by atoms with E-state index in [1.54, 1.807) is 0 Å². The molecule has 0 saturated heterocycles. The molecule has 148 valence electrons. The van der Waals surface area contributed by atoms with Crippen molar-refractivity contribution in [2.75, 3.05) is 0 Å². The number of carbonyl (C=O) groups excluding carboxylic acids is 1. The van der Waals surface area contributed by atoms with Crippen molar-refractivity contribution in [3.63, 3.8) is 0 Å². The van der Waals surface area contributed by atoms with Crippen LogP contribution in [0.5, 0.6) is 0 Å². The lowest BCUT2D eigenvalue weighted by molar-refractivity contribution is 0.0378. The molecule has 4 aromatic rings. The first-order valence-electron chi connectivity index (χ1n) is 10.5. The van der Waals surface area contributed by atoms with Crippen LogP contribution in [0.1, 0.15) is 51.7 Å². The van der Waals surface area contributed by atoms with E-state index in [9.17, 15) is 4.79 Å². The summed E-state index contributed by atoms with van der Waals surface area (Å²) in [5, 5.41) is 0.878. The van der Waals surface area contributed by atoms with Crippen molar-refractivity contribution in [3.05, 3.63) is 113 Å². The second-order valence-electron chi connectivity index (χ2n) is 7.74. The van der Waals surface area contributed by atoms with Gasteiger partial charge in [-0.25, -0.2) is 4.79 Å². The molecule has 1 aliphatic rings. The first-order valence-corrected chi connectivity index (χ1v) is 10.5. The van der Waals surface area contributed by atoms with Gasteiger partial charge in [0.2, 0.25) is 0 Å². The SMILES string of the molecule is O=C(OC(c1ccccc1)c1ccccc1)c1c2c(nc3ccccc13)CCCC2. The van der Waals surface area contributed by atoms with Crippen LogP contribution in [0, 0.1) is 0 Å². The second-order valence-corrected chi connectivity index (χ2v) is 7.74. The van der Waals surface area contributed by atoms with E-state index in [1.165, 1.54) is 0 Å². The molecular weight excluding hydrogens is 370 g/mol. The lowest BCUT2D eigenvalue weighted by Gasteiger charge is -2.23. The van der Waals surface area contributed by atoms with Gasteiger partial charge < -0.3 is 4.74 Å². The predicted molar refractivity (Wildman–Crippen MR) is 119 cm³/mol. The van der Waals surface area contributed by atoms with Gasteiger partial charge in [0.25, 0.3) is 0 Å². The molecule has 0 radical (unpaired) electrons. The van der Waals surface area contributed by atoms with Crippen LogP contribution in [0.3, 0.4) is 0 Å². The number of esters is 1. The zero-order valence-corrected chi connectivity index (χ0v) is 16.8. The van der Waals surface area contributed by atoms with E-state index in [4.69, 9.17) is 9.72 Å². The van der Waals surface area contributed by atoms with Crippen LogP contribution < -0.4 is 0 Å². The molecule has 1 heterocycles. The smallest absolute Gasteiger partial charge is 0.340 e. The average Bonchev–Trinajstić information content (AvgIpc) is 2.82. The summed E-state index contributed by atoms with van der Waals surface area (Å²) in [6.45, 7) is 0. The third-order valence-corrected chi connectivity index (χ3v) is 5.80. The van der Waals surface area contributed by atoms with Crippen molar-refractivity contribution >= 4 is 16.9 Å². The van der Waals surface area contributed by atoms with Crippen LogP contribution in [0.2, 0.25) is 0 Å². The quantitative estimate of drug-likeness (QED) is 0.396. The Labute approximate surface area is 176 Å². The van der Waals surface area contributed by atoms with E-state index in [1.807, 2.05) is 84.9 Å². The van der Waals surface area contributed by atoms with Gasteiger partial charge in [-0.3, -0.25) is 4.98 Å². The minimum atomic E-state index is -0.453. The van der Waals surface area contributed by atoms with Crippen molar-refractivity contribution in [1.82, 2.24) is 4.98 Å². The Morgan fingerprint density at radius 1 is 0.767 bits per heavy atom. The fraction of sp³-hybridized carbons (Fsp3) is 0.185. The molecule has 3 aromatic carbocycles. The maximum absolute atomic E-state index is 13.6. The number of aromatic nitrogens is 1. The number of hydrogen-bond acceptors (Lipinski definition) is 3. The van der Waals surface area contributed by atoms with Gasteiger partial charge in [0.15, 0.2) is 6.10 Å². The predicted octanol–water partition coefficient (Wildman–Crippen LogP) is 6.06. The van der Waals surface area contributed by atoms with Crippen molar-refractivity contribution in [2.24, 2.45) is 0 Å². The van der Waals surface area contributed by atoms with Gasteiger partial charge in [-0.2, -0.15) is 0 Å². The van der Waals surface area contributed by atoms with Gasteiger partial charge >= 0.3 is 5.97 Å². The number of ether oxygens (including phenoxy) is 1. The van der Waals surface area contributed by atoms with Crippen molar-refractivity contribution < 1.29 is 9.53 Å². The van der Waals surface area contributed by atoms with Crippen LogP contribution in [0.4, 0.5) is 0 Å². The van der Waals surface area contributed by atoms with Crippen LogP contribution in [0.25, 0.3) is 10.9 Å². The second kappa shape index (κ2) is 8.11. The zero-order valence-electron chi connectivity index (χ0n) is 16.8. The van der Waals surface area contributed by atoms with Crippen LogP contribution in [-0.4, -0.2) is 11.0 Å². The largest absolute Gasteiger partial charge is 0.449 e. The number of fused-ring (bicyclic) bond motifs is 2. The van der Waals surface area contributed by atoms with E-state index >= 15 is 0 Å². The fourth-order valence-electron chi connectivity index (χ4n) is 4.36. The number of pyridine rings is 1. The van der Waals surface area contributed by atoms with E-state index in [2.05, 4.69) is 0 Å². The number of nitrogens with zero attached hydrogens (tertiary/aromatic N) is 1. The van der Waals surface area contributed by atoms with Gasteiger partial charge in [-0.15, -0.1) is 0 Å². The number of hydrogen-bond donors (Lipinski definition) is 0. The molecule has 0 amide bonds. The van der Waals surface area contributed by atoms with Gasteiger partial charge in [0.05, 0.1) is 11.1 Å². The molecule has 0 bridgehead atoms. The average molecular weight is 393 g/mol. The number of aryl methyl sites for hydroxylation is 1. The first kappa shape index (κ1) is 18.6. The van der Waals surface area contributed by atoms with Crippen molar-refractivity contribution in [1.29, 1.82) is 0 Å². The first-order chi connectivity index (χ1) is 14.8. The molecule has 1 aliphatic carbocycles. The Morgan fingerprint density at radius 2 is 1.37 bits per heavy atom. The number of benzene rings is 3. The monoisotopic (exact) mass is 393 g/mol. The molecule has 3 nitrogen and oxygen atoms in total. The highest BCUT2D eigenvalue weighted by atomic mass is 16.5. The molecule has 3 heteroatoms. The topological polar surface area (TPSA) is 39.2 Å². The van der Waals surface area contributed by atoms with Crippen LogP contribution >= 0.6 is 0 Å². The molecule has 0 N–H and O–H groups in total. The standard InChI is InChI=1S/C27H23NO2/c29-27(30-26(19-11-3-1-4-12-19)20-13-5-2-6-14-20)25-21-15-7-9-17-23(21)28-24-18-10-8-16-22(24)25/h1-7,9,11-15,17,26H,8,10,16,18H2. The summed E-state index contributed by atoms with van der Waals surface area (Å²) in [5.41, 5.74) is 5.58. The Hall–Kier alpha value is -3.46.